The molecule has 0 saturated heterocycles. The minimum absolute atomic E-state index is 0.0118. The highest BCUT2D eigenvalue weighted by Crippen LogP contribution is 2.37. The van der Waals surface area contributed by atoms with Crippen LogP contribution in [0.1, 0.15) is 47.2 Å². The summed E-state index contributed by atoms with van der Waals surface area (Å²) in [6.45, 7) is 0.151. The summed E-state index contributed by atoms with van der Waals surface area (Å²) in [6, 6.07) is 11.6. The van der Waals surface area contributed by atoms with Crippen molar-refractivity contribution in [3.63, 3.8) is 0 Å². The molecule has 0 aliphatic heterocycles. The largest absolute Gasteiger partial charge is 0.493 e. The van der Waals surface area contributed by atoms with Gasteiger partial charge in [-0.3, -0.25) is 4.79 Å². The number of halogens is 1. The lowest BCUT2D eigenvalue weighted by atomic mass is 10.1. The van der Waals surface area contributed by atoms with Crippen molar-refractivity contribution in [3.8, 4) is 17.6 Å². The predicted molar refractivity (Wildman–Crippen MR) is 120 cm³/mol. The van der Waals surface area contributed by atoms with Gasteiger partial charge >= 0.3 is 5.97 Å². The van der Waals surface area contributed by atoms with Crippen molar-refractivity contribution in [2.24, 2.45) is 0 Å². The van der Waals surface area contributed by atoms with Gasteiger partial charge in [0.25, 0.3) is 5.91 Å². The molecule has 1 aliphatic rings. The van der Waals surface area contributed by atoms with Crippen molar-refractivity contribution in [2.45, 2.75) is 38.3 Å². The number of hydrogen-bond acceptors (Lipinski definition) is 5. The lowest BCUT2D eigenvalue weighted by molar-refractivity contribution is -0.117. The standard InChI is InChI=1S/C24H23ClN2O5/c1-31-21-12-16(10-18(13-26)23(28)27-19-4-2-3-5-19)11-20(25)22(21)32-14-15-6-8-17(9-7-15)24(29)30/h6-12,19H,2-5,14H2,1H3,(H,27,28)(H,29,30)/b18-10-. The number of methoxy groups -OCH3 is 1. The van der Waals surface area contributed by atoms with Crippen molar-refractivity contribution in [1.82, 2.24) is 5.32 Å². The van der Waals surface area contributed by atoms with Gasteiger partial charge in [0.05, 0.1) is 17.7 Å². The lowest BCUT2D eigenvalue weighted by Crippen LogP contribution is -2.33. The fourth-order valence-corrected chi connectivity index (χ4v) is 3.78. The first-order chi connectivity index (χ1) is 15.4. The number of carboxylic acids is 1. The molecule has 2 aromatic carbocycles. The third-order valence-corrected chi connectivity index (χ3v) is 5.48. The molecule has 0 unspecified atom stereocenters. The Morgan fingerprint density at radius 2 is 1.94 bits per heavy atom. The smallest absolute Gasteiger partial charge is 0.335 e. The van der Waals surface area contributed by atoms with Crippen LogP contribution in [0, 0.1) is 11.3 Å². The zero-order valence-corrected chi connectivity index (χ0v) is 18.3. The Kier molecular flexibility index (Phi) is 7.74. The van der Waals surface area contributed by atoms with Crippen LogP contribution < -0.4 is 14.8 Å². The Morgan fingerprint density at radius 1 is 1.25 bits per heavy atom. The van der Waals surface area contributed by atoms with Crippen LogP contribution in [-0.2, 0) is 11.4 Å². The van der Waals surface area contributed by atoms with E-state index < -0.39 is 11.9 Å². The summed E-state index contributed by atoms with van der Waals surface area (Å²) in [5, 5.41) is 21.6. The first-order valence-corrected chi connectivity index (χ1v) is 10.5. The molecule has 32 heavy (non-hydrogen) atoms. The van der Waals surface area contributed by atoms with Crippen molar-refractivity contribution in [2.75, 3.05) is 7.11 Å². The van der Waals surface area contributed by atoms with E-state index in [0.29, 0.717) is 17.1 Å². The highest BCUT2D eigenvalue weighted by molar-refractivity contribution is 6.32. The molecule has 8 heteroatoms. The summed E-state index contributed by atoms with van der Waals surface area (Å²) in [7, 11) is 1.46. The number of nitrogens with one attached hydrogen (secondary N) is 1. The predicted octanol–water partition coefficient (Wildman–Crippen LogP) is 4.59. The third-order valence-electron chi connectivity index (χ3n) is 5.20. The molecule has 0 radical (unpaired) electrons. The molecule has 1 saturated carbocycles. The number of nitriles is 1. The van der Waals surface area contributed by atoms with Gasteiger partial charge in [-0.25, -0.2) is 4.79 Å². The Labute approximate surface area is 191 Å². The number of carbonyl (C=O) groups excluding carboxylic acids is 1. The number of carbonyl (C=O) groups is 2. The van der Waals surface area contributed by atoms with Gasteiger partial charge in [0.1, 0.15) is 18.2 Å². The summed E-state index contributed by atoms with van der Waals surface area (Å²) in [5.41, 5.74) is 1.46. The van der Waals surface area contributed by atoms with Crippen molar-refractivity contribution >= 4 is 29.6 Å². The Balaban J connectivity index is 1.76. The van der Waals surface area contributed by atoms with Crippen LogP contribution in [0.2, 0.25) is 5.02 Å². The molecule has 1 aliphatic carbocycles. The molecule has 0 heterocycles. The Morgan fingerprint density at radius 3 is 2.53 bits per heavy atom. The number of ether oxygens (including phenoxy) is 2. The molecular weight excluding hydrogens is 432 g/mol. The number of carboxylic acid groups (broad SMARTS) is 1. The maximum atomic E-state index is 12.4. The molecule has 0 atom stereocenters. The van der Waals surface area contributed by atoms with E-state index in [0.717, 1.165) is 31.2 Å². The van der Waals surface area contributed by atoms with E-state index in [9.17, 15) is 14.9 Å². The second-order valence-corrected chi connectivity index (χ2v) is 7.86. The van der Waals surface area contributed by atoms with Gasteiger partial charge < -0.3 is 19.9 Å². The zero-order valence-electron chi connectivity index (χ0n) is 17.6. The number of amides is 1. The Bertz CT molecular complexity index is 1070. The molecule has 2 N–H and O–H groups in total. The van der Waals surface area contributed by atoms with Crippen LogP contribution in [0.5, 0.6) is 11.5 Å². The molecule has 3 rings (SSSR count). The number of hydrogen-bond donors (Lipinski definition) is 2. The summed E-state index contributed by atoms with van der Waals surface area (Å²) in [5.74, 6) is -0.749. The monoisotopic (exact) mass is 454 g/mol. The van der Waals surface area contributed by atoms with E-state index in [1.54, 1.807) is 24.3 Å². The number of benzene rings is 2. The lowest BCUT2D eigenvalue weighted by Gasteiger charge is -2.14. The number of rotatable bonds is 8. The third kappa shape index (κ3) is 5.80. The van der Waals surface area contributed by atoms with Crippen molar-refractivity contribution in [1.29, 1.82) is 5.26 Å². The Hall–Kier alpha value is -3.50. The van der Waals surface area contributed by atoms with Gasteiger partial charge in [0.15, 0.2) is 11.5 Å². The van der Waals surface area contributed by atoms with E-state index in [1.165, 1.54) is 25.3 Å². The van der Waals surface area contributed by atoms with Crippen molar-refractivity contribution in [3.05, 3.63) is 63.7 Å². The summed E-state index contributed by atoms with van der Waals surface area (Å²) < 4.78 is 11.2. The van der Waals surface area contributed by atoms with E-state index in [4.69, 9.17) is 26.2 Å². The molecular formula is C24H23ClN2O5. The first-order valence-electron chi connectivity index (χ1n) is 10.2. The van der Waals surface area contributed by atoms with E-state index in [-0.39, 0.29) is 28.8 Å². The van der Waals surface area contributed by atoms with Crippen LogP contribution in [0.25, 0.3) is 6.08 Å². The molecule has 0 bridgehead atoms. The maximum absolute atomic E-state index is 12.4. The van der Waals surface area contributed by atoms with Gasteiger partial charge in [0.2, 0.25) is 0 Å². The molecule has 2 aromatic rings. The SMILES string of the molecule is COc1cc(/C=C(/C#N)C(=O)NC2CCCC2)cc(Cl)c1OCc1ccc(C(=O)O)cc1. The molecule has 0 spiro atoms. The van der Waals surface area contributed by atoms with Crippen LogP contribution in [-0.4, -0.2) is 30.1 Å². The zero-order chi connectivity index (χ0) is 23.1. The quantitative estimate of drug-likeness (QED) is 0.446. The van der Waals surface area contributed by atoms with E-state index in [2.05, 4.69) is 5.32 Å². The van der Waals surface area contributed by atoms with Crippen LogP contribution in [0.4, 0.5) is 0 Å². The molecule has 1 fully saturated rings. The number of aromatic carboxylic acids is 1. The number of nitrogens with zero attached hydrogens (tertiary/aromatic N) is 1. The average molecular weight is 455 g/mol. The van der Waals surface area contributed by atoms with Gasteiger partial charge in [-0.2, -0.15) is 5.26 Å². The van der Waals surface area contributed by atoms with E-state index >= 15 is 0 Å². The molecule has 0 aromatic heterocycles. The van der Waals surface area contributed by atoms with Gasteiger partial charge in [-0.05, 0) is 54.3 Å². The average Bonchev–Trinajstić information content (AvgIpc) is 3.29. The maximum Gasteiger partial charge on any atom is 0.335 e. The molecule has 7 nitrogen and oxygen atoms in total. The summed E-state index contributed by atoms with van der Waals surface area (Å²) in [4.78, 5) is 23.4. The van der Waals surface area contributed by atoms with Gasteiger partial charge in [0, 0.05) is 6.04 Å². The van der Waals surface area contributed by atoms with E-state index in [1.807, 2.05) is 6.07 Å². The van der Waals surface area contributed by atoms with Gasteiger partial charge in [-0.15, -0.1) is 0 Å². The van der Waals surface area contributed by atoms with Crippen LogP contribution in [0.3, 0.4) is 0 Å². The second kappa shape index (κ2) is 10.7. The topological polar surface area (TPSA) is 109 Å². The fraction of sp³-hybridized carbons (Fsp3) is 0.292. The minimum Gasteiger partial charge on any atom is -0.493 e. The molecule has 1 amide bonds. The van der Waals surface area contributed by atoms with Gasteiger partial charge in [-0.1, -0.05) is 36.6 Å². The fourth-order valence-electron chi connectivity index (χ4n) is 3.51. The summed E-state index contributed by atoms with van der Waals surface area (Å²) >= 11 is 6.39. The molecule has 166 valence electrons. The normalized spacial score (nSPS) is 14.0. The minimum atomic E-state index is -1.00. The first kappa shape index (κ1) is 23.2. The van der Waals surface area contributed by atoms with Crippen LogP contribution in [0.15, 0.2) is 42.0 Å². The highest BCUT2D eigenvalue weighted by Gasteiger charge is 2.20. The second-order valence-electron chi connectivity index (χ2n) is 7.45. The summed E-state index contributed by atoms with van der Waals surface area (Å²) in [6.07, 6.45) is 5.47. The highest BCUT2D eigenvalue weighted by atomic mass is 35.5. The van der Waals surface area contributed by atoms with Crippen LogP contribution >= 0.6 is 11.6 Å². The van der Waals surface area contributed by atoms with Crippen molar-refractivity contribution < 1.29 is 24.2 Å².